The summed E-state index contributed by atoms with van der Waals surface area (Å²) in [7, 11) is 0. The highest BCUT2D eigenvalue weighted by Crippen LogP contribution is 2.40. The molecule has 0 saturated heterocycles. The summed E-state index contributed by atoms with van der Waals surface area (Å²) in [5.74, 6) is 3.40. The first-order valence-electron chi connectivity index (χ1n) is 11.9. The van der Waals surface area contributed by atoms with E-state index >= 15 is 0 Å². The molecule has 1 aliphatic rings. The molecule has 1 fully saturated rings. The maximum Gasteiger partial charge on any atom is 0.181 e. The number of aryl methyl sites for hydroxylation is 1. The van der Waals surface area contributed by atoms with Crippen molar-refractivity contribution in [1.82, 2.24) is 38.9 Å². The van der Waals surface area contributed by atoms with Crippen LogP contribution in [-0.2, 0) is 0 Å². The van der Waals surface area contributed by atoms with Crippen molar-refractivity contribution >= 4 is 5.52 Å². The molecule has 0 N–H and O–H groups in total. The molecule has 5 aromatic rings. The van der Waals surface area contributed by atoms with Crippen LogP contribution in [0.2, 0.25) is 0 Å². The van der Waals surface area contributed by atoms with Crippen LogP contribution in [0.15, 0.2) is 61.6 Å². The van der Waals surface area contributed by atoms with Gasteiger partial charge in [0, 0.05) is 35.2 Å². The number of nitrogens with zero attached hydrogens (tertiary/aromatic N) is 8. The fraction of sp³-hybridized carbons (Fsp3) is 0.346. The minimum Gasteiger partial charge on any atom is -0.323 e. The number of hydrogen-bond acceptors (Lipinski definition) is 5. The first kappa shape index (κ1) is 20.8. The van der Waals surface area contributed by atoms with Crippen molar-refractivity contribution in [3.8, 4) is 28.6 Å². The van der Waals surface area contributed by atoms with Gasteiger partial charge in [-0.1, -0.05) is 26.3 Å². The van der Waals surface area contributed by atoms with Crippen LogP contribution in [0.5, 0.6) is 0 Å². The molecule has 8 heteroatoms. The van der Waals surface area contributed by atoms with E-state index in [1.807, 2.05) is 12.1 Å². The molecule has 5 heterocycles. The van der Waals surface area contributed by atoms with E-state index in [4.69, 9.17) is 10.1 Å². The molecule has 0 aliphatic heterocycles. The summed E-state index contributed by atoms with van der Waals surface area (Å²) in [5.41, 5.74) is 4.43. The Bertz CT molecular complexity index is 1440. The van der Waals surface area contributed by atoms with E-state index in [0.29, 0.717) is 29.5 Å². The van der Waals surface area contributed by atoms with Gasteiger partial charge in [-0.05, 0) is 61.4 Å². The molecule has 0 aromatic carbocycles. The van der Waals surface area contributed by atoms with E-state index in [2.05, 4.69) is 75.5 Å². The SMILES string of the molecule is Cc1cccn2cc(-c3nc(-c4ccnc(-n5cncn5)c4)nn3C3C(C)CCCC3C)cc12. The van der Waals surface area contributed by atoms with Gasteiger partial charge >= 0.3 is 0 Å². The van der Waals surface area contributed by atoms with Crippen molar-refractivity contribution in [2.75, 3.05) is 0 Å². The van der Waals surface area contributed by atoms with Crippen LogP contribution < -0.4 is 0 Å². The fourth-order valence-electron chi connectivity index (χ4n) is 5.41. The van der Waals surface area contributed by atoms with E-state index in [-0.39, 0.29) is 0 Å². The molecular weight excluding hydrogens is 424 g/mol. The van der Waals surface area contributed by atoms with Crippen LogP contribution in [-0.4, -0.2) is 38.9 Å². The third-order valence-corrected chi connectivity index (χ3v) is 7.16. The van der Waals surface area contributed by atoms with Crippen molar-refractivity contribution < 1.29 is 0 Å². The van der Waals surface area contributed by atoms with Gasteiger partial charge in [-0.15, -0.1) is 0 Å². The predicted octanol–water partition coefficient (Wildman–Crippen LogP) is 5.15. The van der Waals surface area contributed by atoms with E-state index in [0.717, 1.165) is 17.0 Å². The van der Waals surface area contributed by atoms with Crippen LogP contribution >= 0.6 is 0 Å². The number of hydrogen-bond donors (Lipinski definition) is 0. The van der Waals surface area contributed by atoms with Crippen molar-refractivity contribution in [1.29, 1.82) is 0 Å². The van der Waals surface area contributed by atoms with Gasteiger partial charge in [0.2, 0.25) is 0 Å². The molecule has 0 radical (unpaired) electrons. The summed E-state index contributed by atoms with van der Waals surface area (Å²) < 4.78 is 6.02. The second kappa shape index (κ2) is 8.20. The zero-order chi connectivity index (χ0) is 23.2. The van der Waals surface area contributed by atoms with E-state index in [9.17, 15) is 0 Å². The number of rotatable bonds is 4. The average molecular weight is 453 g/mol. The summed E-state index contributed by atoms with van der Waals surface area (Å²) in [4.78, 5) is 13.6. The fourth-order valence-corrected chi connectivity index (χ4v) is 5.41. The Morgan fingerprint density at radius 1 is 1.03 bits per heavy atom. The Balaban J connectivity index is 1.51. The molecule has 6 rings (SSSR count). The van der Waals surface area contributed by atoms with Crippen molar-refractivity contribution in [2.24, 2.45) is 11.8 Å². The standard InChI is InChI=1S/C26H28N8/c1-17-8-5-11-32-14-21(12-22(17)32)26-30-25(31-34(26)24-18(2)6-4-7-19(24)3)20-9-10-28-23(13-20)33-16-27-15-29-33/h5,8-16,18-19,24H,4,6-7H2,1-3H3. The largest absolute Gasteiger partial charge is 0.323 e. The summed E-state index contributed by atoms with van der Waals surface area (Å²) in [6.07, 6.45) is 12.9. The van der Waals surface area contributed by atoms with Crippen LogP contribution in [0.25, 0.3) is 34.1 Å². The highest BCUT2D eigenvalue weighted by atomic mass is 15.4. The molecule has 8 nitrogen and oxygen atoms in total. The van der Waals surface area contributed by atoms with Gasteiger partial charge in [0.1, 0.15) is 12.7 Å². The van der Waals surface area contributed by atoms with Crippen LogP contribution in [0.4, 0.5) is 0 Å². The maximum absolute atomic E-state index is 5.12. The van der Waals surface area contributed by atoms with Gasteiger partial charge < -0.3 is 4.40 Å². The molecule has 34 heavy (non-hydrogen) atoms. The average Bonchev–Trinajstić information content (AvgIpc) is 3.59. The number of fused-ring (bicyclic) bond motifs is 1. The summed E-state index contributed by atoms with van der Waals surface area (Å²) in [5, 5.41) is 9.33. The Labute approximate surface area is 198 Å². The number of aromatic nitrogens is 8. The molecule has 0 bridgehead atoms. The zero-order valence-corrected chi connectivity index (χ0v) is 19.7. The molecule has 172 valence electrons. The van der Waals surface area contributed by atoms with E-state index < -0.39 is 0 Å². The van der Waals surface area contributed by atoms with Gasteiger partial charge in [0.15, 0.2) is 17.5 Å². The van der Waals surface area contributed by atoms with Crippen LogP contribution in [0, 0.1) is 18.8 Å². The van der Waals surface area contributed by atoms with Gasteiger partial charge in [-0.2, -0.15) is 10.2 Å². The van der Waals surface area contributed by atoms with Crippen molar-refractivity contribution in [3.63, 3.8) is 0 Å². The van der Waals surface area contributed by atoms with Crippen LogP contribution in [0.3, 0.4) is 0 Å². The summed E-state index contributed by atoms with van der Waals surface area (Å²) >= 11 is 0. The van der Waals surface area contributed by atoms with Gasteiger partial charge in [0.25, 0.3) is 0 Å². The number of pyridine rings is 2. The first-order chi connectivity index (χ1) is 16.6. The molecule has 1 saturated carbocycles. The predicted molar refractivity (Wildman–Crippen MR) is 131 cm³/mol. The molecule has 5 aromatic heterocycles. The Hall–Kier alpha value is -3.81. The lowest BCUT2D eigenvalue weighted by Crippen LogP contribution is -2.29. The van der Waals surface area contributed by atoms with Crippen LogP contribution in [0.1, 0.15) is 44.7 Å². The van der Waals surface area contributed by atoms with Gasteiger partial charge in [-0.3, -0.25) is 0 Å². The Morgan fingerprint density at radius 2 is 1.88 bits per heavy atom. The normalized spacial score (nSPS) is 20.7. The van der Waals surface area contributed by atoms with Gasteiger partial charge in [-0.25, -0.2) is 24.3 Å². The summed E-state index contributed by atoms with van der Waals surface area (Å²) in [6.45, 7) is 6.84. The van der Waals surface area contributed by atoms with E-state index in [1.165, 1.54) is 36.7 Å². The maximum atomic E-state index is 5.12. The Morgan fingerprint density at radius 3 is 2.65 bits per heavy atom. The lowest BCUT2D eigenvalue weighted by atomic mass is 9.79. The highest BCUT2D eigenvalue weighted by Gasteiger charge is 2.33. The van der Waals surface area contributed by atoms with Crippen molar-refractivity contribution in [3.05, 3.63) is 67.1 Å². The quantitative estimate of drug-likeness (QED) is 0.377. The van der Waals surface area contributed by atoms with E-state index in [1.54, 1.807) is 17.2 Å². The molecule has 0 amide bonds. The zero-order valence-electron chi connectivity index (χ0n) is 19.7. The lowest BCUT2D eigenvalue weighted by molar-refractivity contribution is 0.172. The Kier molecular flexibility index (Phi) is 5.01. The third kappa shape index (κ3) is 3.50. The second-order valence-electron chi connectivity index (χ2n) is 9.53. The van der Waals surface area contributed by atoms with Crippen molar-refractivity contribution in [2.45, 2.75) is 46.1 Å². The van der Waals surface area contributed by atoms with Gasteiger partial charge in [0.05, 0.1) is 6.04 Å². The smallest absolute Gasteiger partial charge is 0.181 e. The molecular formula is C26H28N8. The monoisotopic (exact) mass is 452 g/mol. The third-order valence-electron chi connectivity index (χ3n) is 7.16. The minimum absolute atomic E-state index is 0.311. The lowest BCUT2D eigenvalue weighted by Gasteiger charge is -2.35. The molecule has 1 aliphatic carbocycles. The highest BCUT2D eigenvalue weighted by molar-refractivity contribution is 5.70. The molecule has 0 spiro atoms. The minimum atomic E-state index is 0.311. The topological polar surface area (TPSA) is 78.7 Å². The molecule has 2 atom stereocenters. The second-order valence-corrected chi connectivity index (χ2v) is 9.53. The molecule has 2 unspecified atom stereocenters. The first-order valence-corrected chi connectivity index (χ1v) is 11.9. The summed E-state index contributed by atoms with van der Waals surface area (Å²) in [6, 6.07) is 10.7.